The SMILES string of the molecule is CCOC(=O)C1=C(c2ccccc2)N=c2s/c(=C\c3ccc(N4CCOCC4)o3)c(=O)n2[C@@H]1c1ccc(OC)c(OC)c1. The van der Waals surface area contributed by atoms with Crippen LogP contribution >= 0.6 is 11.3 Å². The van der Waals surface area contributed by atoms with E-state index in [2.05, 4.69) is 4.90 Å². The fourth-order valence-electron chi connectivity index (χ4n) is 5.28. The first-order valence-electron chi connectivity index (χ1n) is 13.9. The fraction of sp³-hybridized carbons (Fsp3) is 0.281. The summed E-state index contributed by atoms with van der Waals surface area (Å²) in [4.78, 5) is 35.3. The molecule has 1 saturated heterocycles. The highest BCUT2D eigenvalue weighted by molar-refractivity contribution is 7.07. The minimum atomic E-state index is -0.840. The van der Waals surface area contributed by atoms with E-state index in [1.54, 1.807) is 43.9 Å². The fourth-order valence-corrected chi connectivity index (χ4v) is 6.26. The Morgan fingerprint density at radius 3 is 2.53 bits per heavy atom. The predicted octanol–water partition coefficient (Wildman–Crippen LogP) is 3.38. The van der Waals surface area contributed by atoms with Gasteiger partial charge in [0.25, 0.3) is 5.56 Å². The van der Waals surface area contributed by atoms with Crippen LogP contribution in [-0.4, -0.2) is 57.7 Å². The Bertz CT molecular complexity index is 1850. The van der Waals surface area contributed by atoms with E-state index in [1.807, 2.05) is 48.5 Å². The molecule has 2 aliphatic rings. The summed E-state index contributed by atoms with van der Waals surface area (Å²) in [6, 6.07) is 17.7. The number of methoxy groups -OCH3 is 2. The molecule has 1 fully saturated rings. The lowest BCUT2D eigenvalue weighted by molar-refractivity contribution is -0.138. The van der Waals surface area contributed by atoms with Gasteiger partial charge < -0.3 is 28.3 Å². The summed E-state index contributed by atoms with van der Waals surface area (Å²) < 4.78 is 30.1. The Balaban J connectivity index is 1.56. The zero-order valence-electron chi connectivity index (χ0n) is 24.1. The topological polar surface area (TPSA) is 105 Å². The van der Waals surface area contributed by atoms with E-state index >= 15 is 0 Å². The second kappa shape index (κ2) is 12.3. The Morgan fingerprint density at radius 2 is 1.81 bits per heavy atom. The quantitative estimate of drug-likeness (QED) is 0.283. The number of hydrogen-bond acceptors (Lipinski definition) is 10. The standard InChI is InChI=1S/C32H31N3O7S/c1-4-41-31(37)27-28(20-8-6-5-7-9-20)33-32-35(29(27)21-10-12-23(38-2)24(18-21)39-3)30(36)25(43-32)19-22-11-13-26(42-22)34-14-16-40-17-15-34/h5-13,18-19,29H,4,14-17H2,1-3H3/b25-19-/t29-/m1/s1. The number of hydrogen-bond donors (Lipinski definition) is 0. The zero-order valence-corrected chi connectivity index (χ0v) is 24.9. The number of ether oxygens (including phenoxy) is 4. The number of anilines is 1. The van der Waals surface area contributed by atoms with Crippen molar-refractivity contribution >= 4 is 35.0 Å². The molecule has 0 spiro atoms. The van der Waals surface area contributed by atoms with Crippen LogP contribution in [0.1, 0.15) is 29.9 Å². The summed E-state index contributed by atoms with van der Waals surface area (Å²) in [5.41, 5.74) is 1.77. The number of aromatic nitrogens is 1. The van der Waals surface area contributed by atoms with Crippen LogP contribution < -0.4 is 29.3 Å². The molecule has 0 N–H and O–H groups in total. The average Bonchev–Trinajstić information content (AvgIpc) is 3.64. The maximum atomic E-state index is 14.1. The van der Waals surface area contributed by atoms with E-state index < -0.39 is 12.0 Å². The normalized spacial score (nSPS) is 17.0. The van der Waals surface area contributed by atoms with Crippen molar-refractivity contribution in [1.82, 2.24) is 4.57 Å². The number of benzene rings is 2. The van der Waals surface area contributed by atoms with E-state index in [-0.39, 0.29) is 17.7 Å². The van der Waals surface area contributed by atoms with Crippen molar-refractivity contribution in [2.45, 2.75) is 13.0 Å². The van der Waals surface area contributed by atoms with E-state index in [4.69, 9.17) is 28.4 Å². The first-order valence-corrected chi connectivity index (χ1v) is 14.8. The molecule has 4 aromatic rings. The smallest absolute Gasteiger partial charge is 0.338 e. The molecule has 1 atom stereocenters. The van der Waals surface area contributed by atoms with Gasteiger partial charge in [-0.05, 0) is 30.7 Å². The van der Waals surface area contributed by atoms with Gasteiger partial charge in [-0.25, -0.2) is 9.79 Å². The van der Waals surface area contributed by atoms with Crippen LogP contribution in [0.3, 0.4) is 0 Å². The molecule has 2 aliphatic heterocycles. The number of nitrogens with zero attached hydrogens (tertiary/aromatic N) is 3. The van der Waals surface area contributed by atoms with Crippen molar-refractivity contribution in [2.75, 3.05) is 52.0 Å². The lowest BCUT2D eigenvalue weighted by atomic mass is 9.93. The van der Waals surface area contributed by atoms with Crippen LogP contribution in [0, 0.1) is 0 Å². The molecule has 2 aromatic heterocycles. The van der Waals surface area contributed by atoms with Crippen LogP contribution in [0.25, 0.3) is 11.8 Å². The molecule has 10 nitrogen and oxygen atoms in total. The number of esters is 1. The third kappa shape index (κ3) is 5.49. The molecule has 0 bridgehead atoms. The molecule has 222 valence electrons. The molecule has 4 heterocycles. The summed E-state index contributed by atoms with van der Waals surface area (Å²) in [7, 11) is 3.09. The van der Waals surface area contributed by atoms with Gasteiger partial charge in [-0.3, -0.25) is 9.36 Å². The summed E-state index contributed by atoms with van der Waals surface area (Å²) in [6.07, 6.45) is 1.72. The molecule has 2 aromatic carbocycles. The van der Waals surface area contributed by atoms with Crippen molar-refractivity contribution in [1.29, 1.82) is 0 Å². The molecule has 11 heteroatoms. The average molecular weight is 602 g/mol. The number of carbonyl (C=O) groups excluding carboxylic acids is 1. The number of thiazole rings is 1. The van der Waals surface area contributed by atoms with Gasteiger partial charge >= 0.3 is 5.97 Å². The number of furan rings is 1. The molecular weight excluding hydrogens is 570 g/mol. The van der Waals surface area contributed by atoms with Gasteiger partial charge in [0.05, 0.1) is 55.9 Å². The third-order valence-corrected chi connectivity index (χ3v) is 8.29. The number of carbonyl (C=O) groups is 1. The lowest BCUT2D eigenvalue weighted by Gasteiger charge is -2.26. The molecule has 0 saturated carbocycles. The maximum Gasteiger partial charge on any atom is 0.338 e. The Morgan fingerprint density at radius 1 is 1.05 bits per heavy atom. The van der Waals surface area contributed by atoms with E-state index in [1.165, 1.54) is 11.3 Å². The molecule has 0 aliphatic carbocycles. The molecule has 43 heavy (non-hydrogen) atoms. The number of rotatable bonds is 8. The summed E-state index contributed by atoms with van der Waals surface area (Å²) in [6.45, 7) is 4.65. The Hall–Kier alpha value is -4.61. The van der Waals surface area contributed by atoms with Crippen LogP contribution in [0.5, 0.6) is 11.5 Å². The van der Waals surface area contributed by atoms with Gasteiger partial charge in [-0.15, -0.1) is 0 Å². The largest absolute Gasteiger partial charge is 0.493 e. The second-order valence-corrected chi connectivity index (χ2v) is 10.8. The minimum Gasteiger partial charge on any atom is -0.493 e. The number of morpholine rings is 1. The highest BCUT2D eigenvalue weighted by atomic mass is 32.1. The first-order chi connectivity index (χ1) is 21.0. The van der Waals surface area contributed by atoms with Crippen molar-refractivity contribution in [2.24, 2.45) is 4.99 Å². The molecule has 0 radical (unpaired) electrons. The van der Waals surface area contributed by atoms with Gasteiger partial charge in [0, 0.05) is 30.8 Å². The third-order valence-electron chi connectivity index (χ3n) is 7.31. The van der Waals surface area contributed by atoms with E-state index in [9.17, 15) is 9.59 Å². The van der Waals surface area contributed by atoms with Gasteiger partial charge in [-0.1, -0.05) is 47.7 Å². The van der Waals surface area contributed by atoms with Crippen LogP contribution in [0.2, 0.25) is 0 Å². The molecule has 0 unspecified atom stereocenters. The van der Waals surface area contributed by atoms with E-state index in [0.29, 0.717) is 51.1 Å². The second-order valence-electron chi connectivity index (χ2n) is 9.82. The molecular formula is C32H31N3O7S. The van der Waals surface area contributed by atoms with Crippen LogP contribution in [0.4, 0.5) is 5.88 Å². The van der Waals surface area contributed by atoms with Crippen molar-refractivity contribution in [3.63, 3.8) is 0 Å². The summed E-state index contributed by atoms with van der Waals surface area (Å²) in [5.74, 6) is 1.71. The van der Waals surface area contributed by atoms with Gasteiger partial charge in [0.2, 0.25) is 0 Å². The minimum absolute atomic E-state index is 0.164. The van der Waals surface area contributed by atoms with Gasteiger partial charge in [-0.2, -0.15) is 0 Å². The summed E-state index contributed by atoms with van der Waals surface area (Å²) in [5, 5.41) is 0. The lowest BCUT2D eigenvalue weighted by Crippen LogP contribution is -2.40. The predicted molar refractivity (Wildman–Crippen MR) is 162 cm³/mol. The maximum absolute atomic E-state index is 14.1. The van der Waals surface area contributed by atoms with Crippen LogP contribution in [0.15, 0.2) is 80.4 Å². The Kier molecular flexibility index (Phi) is 8.17. The molecule has 6 rings (SSSR count). The highest BCUT2D eigenvalue weighted by Gasteiger charge is 2.35. The monoisotopic (exact) mass is 601 g/mol. The van der Waals surface area contributed by atoms with Gasteiger partial charge in [0.1, 0.15) is 5.76 Å². The number of fused-ring (bicyclic) bond motifs is 1. The first kappa shape index (κ1) is 28.5. The molecule has 0 amide bonds. The van der Waals surface area contributed by atoms with Crippen molar-refractivity contribution in [3.05, 3.63) is 103 Å². The van der Waals surface area contributed by atoms with Crippen molar-refractivity contribution < 1.29 is 28.2 Å². The summed E-state index contributed by atoms with van der Waals surface area (Å²) >= 11 is 1.24. The van der Waals surface area contributed by atoms with Gasteiger partial charge in [0.15, 0.2) is 22.2 Å². The zero-order chi connectivity index (χ0) is 29.9. The van der Waals surface area contributed by atoms with Crippen molar-refractivity contribution in [3.8, 4) is 11.5 Å². The highest BCUT2D eigenvalue weighted by Crippen LogP contribution is 2.38. The van der Waals surface area contributed by atoms with Crippen LogP contribution in [-0.2, 0) is 14.3 Å². The Labute approximate surface area is 251 Å². The van der Waals surface area contributed by atoms with E-state index in [0.717, 1.165) is 24.5 Å².